The van der Waals surface area contributed by atoms with Crippen molar-refractivity contribution in [2.24, 2.45) is 0 Å². The Balaban J connectivity index is 2.26. The van der Waals surface area contributed by atoms with Gasteiger partial charge in [-0.2, -0.15) is 0 Å². The SMILES string of the molecule is c1cc2c3c(cnc2[nH]1)CCCCC3. The van der Waals surface area contributed by atoms with E-state index in [1.54, 1.807) is 0 Å². The molecule has 2 aromatic heterocycles. The quantitative estimate of drug-likeness (QED) is 0.630. The van der Waals surface area contributed by atoms with E-state index in [4.69, 9.17) is 0 Å². The number of pyridine rings is 1. The van der Waals surface area contributed by atoms with E-state index in [1.165, 1.54) is 48.6 Å². The van der Waals surface area contributed by atoms with Crippen LogP contribution in [0.2, 0.25) is 0 Å². The van der Waals surface area contributed by atoms with Crippen LogP contribution in [0.15, 0.2) is 18.5 Å². The zero-order chi connectivity index (χ0) is 9.38. The Labute approximate surface area is 83.4 Å². The van der Waals surface area contributed by atoms with Gasteiger partial charge >= 0.3 is 0 Å². The monoisotopic (exact) mass is 186 g/mol. The maximum atomic E-state index is 4.44. The third kappa shape index (κ3) is 1.14. The van der Waals surface area contributed by atoms with Crippen LogP contribution >= 0.6 is 0 Å². The van der Waals surface area contributed by atoms with Gasteiger partial charge in [-0.15, -0.1) is 0 Å². The summed E-state index contributed by atoms with van der Waals surface area (Å²) < 4.78 is 0. The smallest absolute Gasteiger partial charge is 0.137 e. The van der Waals surface area contributed by atoms with Gasteiger partial charge < -0.3 is 4.98 Å². The highest BCUT2D eigenvalue weighted by Crippen LogP contribution is 2.26. The highest BCUT2D eigenvalue weighted by molar-refractivity contribution is 5.80. The van der Waals surface area contributed by atoms with E-state index in [2.05, 4.69) is 22.2 Å². The molecule has 1 N–H and O–H groups in total. The number of H-pyrrole nitrogens is 1. The molecule has 3 rings (SSSR count). The fraction of sp³-hybridized carbons (Fsp3) is 0.417. The van der Waals surface area contributed by atoms with Crippen LogP contribution in [0.3, 0.4) is 0 Å². The molecule has 0 saturated carbocycles. The van der Waals surface area contributed by atoms with Gasteiger partial charge in [0.05, 0.1) is 0 Å². The van der Waals surface area contributed by atoms with Crippen molar-refractivity contribution >= 4 is 11.0 Å². The lowest BCUT2D eigenvalue weighted by atomic mass is 10.0. The van der Waals surface area contributed by atoms with Gasteiger partial charge in [-0.3, -0.25) is 0 Å². The van der Waals surface area contributed by atoms with Crippen LogP contribution < -0.4 is 0 Å². The second kappa shape index (κ2) is 3.12. The number of hydrogen-bond acceptors (Lipinski definition) is 1. The van der Waals surface area contributed by atoms with Crippen molar-refractivity contribution in [3.05, 3.63) is 29.6 Å². The predicted molar refractivity (Wildman–Crippen MR) is 57.4 cm³/mol. The summed E-state index contributed by atoms with van der Waals surface area (Å²) in [5, 5.41) is 1.34. The lowest BCUT2D eigenvalue weighted by Gasteiger charge is -2.05. The third-order valence-electron chi connectivity index (χ3n) is 3.16. The van der Waals surface area contributed by atoms with Crippen LogP contribution in [0.4, 0.5) is 0 Å². The first-order chi connectivity index (χ1) is 6.95. The molecule has 14 heavy (non-hydrogen) atoms. The lowest BCUT2D eigenvalue weighted by molar-refractivity contribution is 0.712. The van der Waals surface area contributed by atoms with Crippen LogP contribution in [0.5, 0.6) is 0 Å². The number of nitrogens with one attached hydrogen (secondary N) is 1. The molecule has 0 amide bonds. The van der Waals surface area contributed by atoms with Crippen molar-refractivity contribution < 1.29 is 0 Å². The Bertz CT molecular complexity index is 456. The number of aromatic amines is 1. The molecule has 2 nitrogen and oxygen atoms in total. The van der Waals surface area contributed by atoms with Crippen LogP contribution in [0.1, 0.15) is 30.4 Å². The molecule has 72 valence electrons. The number of aromatic nitrogens is 2. The van der Waals surface area contributed by atoms with Gasteiger partial charge in [0, 0.05) is 17.8 Å². The van der Waals surface area contributed by atoms with Crippen molar-refractivity contribution in [2.45, 2.75) is 32.1 Å². The minimum Gasteiger partial charge on any atom is -0.346 e. The largest absolute Gasteiger partial charge is 0.346 e. The van der Waals surface area contributed by atoms with E-state index >= 15 is 0 Å². The Morgan fingerprint density at radius 2 is 2.07 bits per heavy atom. The third-order valence-corrected chi connectivity index (χ3v) is 3.16. The zero-order valence-electron chi connectivity index (χ0n) is 8.21. The van der Waals surface area contributed by atoms with Gasteiger partial charge in [0.25, 0.3) is 0 Å². The fourth-order valence-corrected chi connectivity index (χ4v) is 2.41. The van der Waals surface area contributed by atoms with Gasteiger partial charge in [-0.05, 0) is 42.9 Å². The Kier molecular flexibility index (Phi) is 1.79. The summed E-state index contributed by atoms with van der Waals surface area (Å²) in [7, 11) is 0. The van der Waals surface area contributed by atoms with Gasteiger partial charge in [0.1, 0.15) is 5.65 Å². The first kappa shape index (κ1) is 8.04. The molecule has 0 aliphatic heterocycles. The van der Waals surface area contributed by atoms with Crippen molar-refractivity contribution in [1.82, 2.24) is 9.97 Å². The molecule has 0 fully saturated rings. The van der Waals surface area contributed by atoms with Crippen LogP contribution in [-0.2, 0) is 12.8 Å². The Morgan fingerprint density at radius 3 is 3.07 bits per heavy atom. The molecular formula is C12H14N2. The van der Waals surface area contributed by atoms with Gasteiger partial charge in [-0.1, -0.05) is 6.42 Å². The van der Waals surface area contributed by atoms with Crippen LogP contribution in [0, 0.1) is 0 Å². The lowest BCUT2D eigenvalue weighted by Crippen LogP contribution is -1.93. The van der Waals surface area contributed by atoms with Crippen LogP contribution in [0.25, 0.3) is 11.0 Å². The Morgan fingerprint density at radius 1 is 1.14 bits per heavy atom. The number of nitrogens with zero attached hydrogens (tertiary/aromatic N) is 1. The summed E-state index contributed by atoms with van der Waals surface area (Å²) in [5.41, 5.74) is 4.05. The first-order valence-corrected chi connectivity index (χ1v) is 5.39. The predicted octanol–water partition coefficient (Wildman–Crippen LogP) is 2.83. The number of rotatable bonds is 0. The molecule has 2 heteroatoms. The van der Waals surface area contributed by atoms with Crippen molar-refractivity contribution in [2.75, 3.05) is 0 Å². The van der Waals surface area contributed by atoms with Gasteiger partial charge in [0.15, 0.2) is 0 Å². The van der Waals surface area contributed by atoms with Crippen LogP contribution in [-0.4, -0.2) is 9.97 Å². The number of aryl methyl sites for hydroxylation is 2. The molecule has 0 radical (unpaired) electrons. The second-order valence-electron chi connectivity index (χ2n) is 4.06. The molecule has 0 spiro atoms. The molecule has 1 aliphatic rings. The summed E-state index contributed by atoms with van der Waals surface area (Å²) in [4.78, 5) is 7.62. The maximum Gasteiger partial charge on any atom is 0.137 e. The first-order valence-electron chi connectivity index (χ1n) is 5.39. The van der Waals surface area contributed by atoms with Crippen molar-refractivity contribution in [3.8, 4) is 0 Å². The fourth-order valence-electron chi connectivity index (χ4n) is 2.41. The van der Waals surface area contributed by atoms with E-state index < -0.39 is 0 Å². The average molecular weight is 186 g/mol. The number of hydrogen-bond donors (Lipinski definition) is 1. The van der Waals surface area contributed by atoms with Crippen molar-refractivity contribution in [1.29, 1.82) is 0 Å². The summed E-state index contributed by atoms with van der Waals surface area (Å²) in [5.74, 6) is 0. The molecule has 0 unspecified atom stereocenters. The highest BCUT2D eigenvalue weighted by atomic mass is 14.8. The zero-order valence-corrected chi connectivity index (χ0v) is 8.21. The second-order valence-corrected chi connectivity index (χ2v) is 4.06. The van der Waals surface area contributed by atoms with E-state index in [0.29, 0.717) is 0 Å². The van der Waals surface area contributed by atoms with Gasteiger partial charge in [-0.25, -0.2) is 4.98 Å². The minimum atomic E-state index is 1.05. The normalized spacial score (nSPS) is 16.6. The standard InChI is InChI=1S/C12H14N2/c1-2-4-9-8-14-12-11(6-7-13-12)10(9)5-3-1/h6-8H,1-5H2,(H,13,14). The molecule has 0 aromatic carbocycles. The number of fused-ring (bicyclic) bond motifs is 3. The topological polar surface area (TPSA) is 28.7 Å². The summed E-state index contributed by atoms with van der Waals surface area (Å²) >= 11 is 0. The summed E-state index contributed by atoms with van der Waals surface area (Å²) in [6.45, 7) is 0. The Hall–Kier alpha value is -1.31. The molecule has 0 bridgehead atoms. The van der Waals surface area contributed by atoms with Gasteiger partial charge in [0.2, 0.25) is 0 Å². The minimum absolute atomic E-state index is 1.05. The van der Waals surface area contributed by atoms with Crippen molar-refractivity contribution in [3.63, 3.8) is 0 Å². The molecule has 0 atom stereocenters. The maximum absolute atomic E-state index is 4.44. The van der Waals surface area contributed by atoms with E-state index in [1.807, 2.05) is 6.20 Å². The van der Waals surface area contributed by atoms with E-state index in [0.717, 1.165) is 5.65 Å². The highest BCUT2D eigenvalue weighted by Gasteiger charge is 2.11. The molecule has 2 heterocycles. The molecular weight excluding hydrogens is 172 g/mol. The molecule has 0 saturated heterocycles. The van der Waals surface area contributed by atoms with E-state index in [9.17, 15) is 0 Å². The summed E-state index contributed by atoms with van der Waals surface area (Å²) in [6.07, 6.45) is 10.5. The summed E-state index contributed by atoms with van der Waals surface area (Å²) in [6, 6.07) is 2.16. The average Bonchev–Trinajstić information content (AvgIpc) is 2.55. The molecule has 2 aromatic rings. The van der Waals surface area contributed by atoms with E-state index in [-0.39, 0.29) is 0 Å². The molecule has 1 aliphatic carbocycles.